The van der Waals surface area contributed by atoms with Crippen LogP contribution in [0.3, 0.4) is 0 Å². The summed E-state index contributed by atoms with van der Waals surface area (Å²) in [5, 5.41) is 5.82. The Morgan fingerprint density at radius 2 is 1.84 bits per heavy atom. The van der Waals surface area contributed by atoms with E-state index < -0.39 is 6.04 Å². The first kappa shape index (κ1) is 19.3. The van der Waals surface area contributed by atoms with Gasteiger partial charge in [0.1, 0.15) is 6.04 Å². The number of imidazole rings is 1. The number of amides is 2. The molecule has 0 spiro atoms. The topological polar surface area (TPSA) is 88.4 Å². The van der Waals surface area contributed by atoms with Crippen LogP contribution in [0.1, 0.15) is 43.7 Å². The number of piperazine rings is 1. The van der Waals surface area contributed by atoms with E-state index in [0.717, 1.165) is 37.2 Å². The molecule has 8 heteroatoms. The summed E-state index contributed by atoms with van der Waals surface area (Å²) in [5.41, 5.74) is 3.42. The Kier molecular flexibility index (Phi) is 4.05. The highest BCUT2D eigenvalue weighted by Gasteiger charge is 2.68. The number of benzene rings is 1. The zero-order valence-corrected chi connectivity index (χ0v) is 17.9. The maximum atomic E-state index is 13.2. The standard InChI is InChI=1S/C23H29N5O3/c1-26-19-15(23-11-22(12-23,13-23)14-27-9-7-24-8-10-27)3-2-4-16(19)28(21(26)31)17-5-6-18(29)25-20(17)30/h2-4,17,24H,5-14H2,1H3,(H,25,29,30). The van der Waals surface area contributed by atoms with Crippen molar-refractivity contribution >= 4 is 22.8 Å². The normalized spacial score (nSPS) is 33.1. The van der Waals surface area contributed by atoms with E-state index >= 15 is 0 Å². The van der Waals surface area contributed by atoms with Crippen LogP contribution in [0.5, 0.6) is 0 Å². The summed E-state index contributed by atoms with van der Waals surface area (Å²) in [5.74, 6) is -0.643. The number of aromatic nitrogens is 2. The van der Waals surface area contributed by atoms with Gasteiger partial charge in [-0.2, -0.15) is 0 Å². The van der Waals surface area contributed by atoms with Gasteiger partial charge in [-0.05, 0) is 48.1 Å². The molecule has 1 aromatic heterocycles. The molecule has 1 atom stereocenters. The van der Waals surface area contributed by atoms with Gasteiger partial charge in [-0.15, -0.1) is 0 Å². The Morgan fingerprint density at radius 1 is 1.10 bits per heavy atom. The predicted molar refractivity (Wildman–Crippen MR) is 116 cm³/mol. The number of piperidine rings is 1. The maximum Gasteiger partial charge on any atom is 0.329 e. The van der Waals surface area contributed by atoms with E-state index in [2.05, 4.69) is 21.6 Å². The molecular formula is C23H29N5O3. The van der Waals surface area contributed by atoms with Gasteiger partial charge in [0, 0.05) is 46.2 Å². The molecule has 164 valence electrons. The third kappa shape index (κ3) is 2.70. The molecule has 1 unspecified atom stereocenters. The number of carbonyl (C=O) groups is 2. The second-order valence-electron chi connectivity index (χ2n) is 10.2. The molecular weight excluding hydrogens is 394 g/mol. The van der Waals surface area contributed by atoms with Crippen molar-refractivity contribution in [2.24, 2.45) is 12.5 Å². The summed E-state index contributed by atoms with van der Waals surface area (Å²) in [6.45, 7) is 5.61. The lowest BCUT2D eigenvalue weighted by Gasteiger charge is -2.72. The van der Waals surface area contributed by atoms with E-state index in [1.807, 2.05) is 12.1 Å². The van der Waals surface area contributed by atoms with Gasteiger partial charge in [0.15, 0.2) is 0 Å². The molecule has 31 heavy (non-hydrogen) atoms. The number of carbonyl (C=O) groups excluding carboxylic acids is 2. The van der Waals surface area contributed by atoms with Crippen LogP contribution in [0.2, 0.25) is 0 Å². The van der Waals surface area contributed by atoms with Gasteiger partial charge in [-0.3, -0.25) is 24.0 Å². The zero-order chi connectivity index (χ0) is 21.4. The van der Waals surface area contributed by atoms with E-state index in [1.165, 1.54) is 31.4 Å². The summed E-state index contributed by atoms with van der Waals surface area (Å²) in [6.07, 6.45) is 4.17. The van der Waals surface area contributed by atoms with Crippen molar-refractivity contribution < 1.29 is 9.59 Å². The summed E-state index contributed by atoms with van der Waals surface area (Å²) in [4.78, 5) is 39.9. The average Bonchev–Trinajstić information content (AvgIpc) is 2.96. The largest absolute Gasteiger partial charge is 0.329 e. The molecule has 0 radical (unpaired) electrons. The quantitative estimate of drug-likeness (QED) is 0.705. The third-order valence-corrected chi connectivity index (χ3v) is 8.10. The Morgan fingerprint density at radius 3 is 2.55 bits per heavy atom. The van der Waals surface area contributed by atoms with Crippen molar-refractivity contribution in [2.75, 3.05) is 32.7 Å². The first-order valence-corrected chi connectivity index (χ1v) is 11.4. The molecule has 2 saturated heterocycles. The molecule has 3 aliphatic carbocycles. The summed E-state index contributed by atoms with van der Waals surface area (Å²) in [6, 6.07) is 5.50. The van der Waals surface area contributed by atoms with Crippen LogP contribution in [0.25, 0.3) is 11.0 Å². The van der Waals surface area contributed by atoms with Crippen molar-refractivity contribution in [3.05, 3.63) is 34.2 Å². The molecule has 2 aliphatic heterocycles. The monoisotopic (exact) mass is 423 g/mol. The fourth-order valence-corrected chi connectivity index (χ4v) is 6.89. The molecule has 2 amide bonds. The molecule has 5 aliphatic rings. The summed E-state index contributed by atoms with van der Waals surface area (Å²) in [7, 11) is 1.80. The second-order valence-corrected chi connectivity index (χ2v) is 10.2. The lowest BCUT2D eigenvalue weighted by atomic mass is 9.33. The smallest absolute Gasteiger partial charge is 0.314 e. The van der Waals surface area contributed by atoms with Gasteiger partial charge in [-0.25, -0.2) is 4.79 Å². The fourth-order valence-electron chi connectivity index (χ4n) is 6.89. The third-order valence-electron chi connectivity index (χ3n) is 8.10. The molecule has 3 saturated carbocycles. The molecule has 3 heterocycles. The van der Waals surface area contributed by atoms with E-state index in [1.54, 1.807) is 16.2 Å². The molecule has 2 aromatic rings. The maximum absolute atomic E-state index is 13.2. The van der Waals surface area contributed by atoms with Crippen molar-refractivity contribution in [3.8, 4) is 0 Å². The number of nitrogens with zero attached hydrogens (tertiary/aromatic N) is 3. The van der Waals surface area contributed by atoms with E-state index in [0.29, 0.717) is 11.8 Å². The summed E-state index contributed by atoms with van der Waals surface area (Å²) >= 11 is 0. The Balaban J connectivity index is 1.32. The minimum atomic E-state index is -0.628. The van der Waals surface area contributed by atoms with E-state index in [9.17, 15) is 14.4 Å². The SMILES string of the molecule is Cn1c(=O)n(C2CCC(=O)NC2=O)c2cccc(C34CC(CN5CCNCC5)(C3)C4)c21. The highest BCUT2D eigenvalue weighted by atomic mass is 16.2. The number of nitrogens with one attached hydrogen (secondary N) is 2. The lowest BCUT2D eigenvalue weighted by molar-refractivity contribution is -0.156. The van der Waals surface area contributed by atoms with Gasteiger partial charge in [0.25, 0.3) is 0 Å². The Hall–Kier alpha value is -2.45. The van der Waals surface area contributed by atoms with Crippen molar-refractivity contribution in [2.45, 2.75) is 43.6 Å². The zero-order valence-electron chi connectivity index (χ0n) is 17.9. The van der Waals surface area contributed by atoms with Crippen LogP contribution >= 0.6 is 0 Å². The van der Waals surface area contributed by atoms with Gasteiger partial charge >= 0.3 is 5.69 Å². The Bertz CT molecular complexity index is 1140. The first-order chi connectivity index (χ1) is 14.9. The average molecular weight is 424 g/mol. The van der Waals surface area contributed by atoms with Gasteiger partial charge < -0.3 is 10.2 Å². The van der Waals surface area contributed by atoms with Crippen molar-refractivity contribution in [3.63, 3.8) is 0 Å². The first-order valence-electron chi connectivity index (χ1n) is 11.4. The molecule has 7 rings (SSSR count). The van der Waals surface area contributed by atoms with Crippen LogP contribution in [-0.4, -0.2) is 58.6 Å². The number of para-hydroxylation sites is 1. The molecule has 8 nitrogen and oxygen atoms in total. The van der Waals surface area contributed by atoms with E-state index in [4.69, 9.17) is 0 Å². The number of hydrogen-bond acceptors (Lipinski definition) is 5. The molecule has 2 bridgehead atoms. The summed E-state index contributed by atoms with van der Waals surface area (Å²) < 4.78 is 3.31. The Labute approximate surface area is 180 Å². The lowest BCUT2D eigenvalue weighted by Crippen LogP contribution is -2.68. The number of fused-ring (bicyclic) bond motifs is 1. The minimum absolute atomic E-state index is 0.161. The van der Waals surface area contributed by atoms with Crippen LogP contribution < -0.4 is 16.3 Å². The number of rotatable bonds is 4. The highest BCUT2D eigenvalue weighted by Crippen LogP contribution is 2.74. The predicted octanol–water partition coefficient (Wildman–Crippen LogP) is 0.645. The van der Waals surface area contributed by atoms with Gasteiger partial charge in [0.2, 0.25) is 11.8 Å². The molecule has 5 fully saturated rings. The van der Waals surface area contributed by atoms with Crippen LogP contribution in [0.4, 0.5) is 0 Å². The second kappa shape index (κ2) is 6.53. The van der Waals surface area contributed by atoms with E-state index in [-0.39, 0.29) is 29.3 Å². The van der Waals surface area contributed by atoms with Gasteiger partial charge in [-0.1, -0.05) is 12.1 Å². The van der Waals surface area contributed by atoms with Crippen LogP contribution in [-0.2, 0) is 22.1 Å². The highest BCUT2D eigenvalue weighted by molar-refractivity contribution is 6.00. The minimum Gasteiger partial charge on any atom is -0.314 e. The van der Waals surface area contributed by atoms with Crippen molar-refractivity contribution in [1.82, 2.24) is 24.7 Å². The molecule has 2 N–H and O–H groups in total. The van der Waals surface area contributed by atoms with Crippen molar-refractivity contribution in [1.29, 1.82) is 0 Å². The number of aryl methyl sites for hydroxylation is 1. The number of hydrogen-bond donors (Lipinski definition) is 2. The number of imide groups is 1. The van der Waals surface area contributed by atoms with Crippen LogP contribution in [0, 0.1) is 5.41 Å². The van der Waals surface area contributed by atoms with Crippen LogP contribution in [0.15, 0.2) is 23.0 Å². The molecule has 1 aromatic carbocycles. The van der Waals surface area contributed by atoms with Gasteiger partial charge in [0.05, 0.1) is 11.0 Å². The fraction of sp³-hybridized carbons (Fsp3) is 0.609.